The molecule has 0 unspecified atom stereocenters. The number of halogens is 1. The van der Waals surface area contributed by atoms with Crippen LogP contribution in [0, 0.1) is 0 Å². The first kappa shape index (κ1) is 28.9. The van der Waals surface area contributed by atoms with Gasteiger partial charge in [-0.25, -0.2) is 23.4 Å². The van der Waals surface area contributed by atoms with Crippen molar-refractivity contribution in [1.29, 1.82) is 0 Å². The Kier molecular flexibility index (Phi) is 8.25. The quantitative estimate of drug-likeness (QED) is 0.300. The van der Waals surface area contributed by atoms with Crippen molar-refractivity contribution in [2.24, 2.45) is 0 Å². The number of sulfonamides is 1. The molecule has 2 N–H and O–H groups in total. The first-order valence-corrected chi connectivity index (χ1v) is 15.4. The third-order valence-electron chi connectivity index (χ3n) is 7.31. The van der Waals surface area contributed by atoms with E-state index in [2.05, 4.69) is 44.0 Å². The van der Waals surface area contributed by atoms with Crippen molar-refractivity contribution in [3.8, 4) is 11.3 Å². The minimum atomic E-state index is -3.95. The average molecular weight is 597 g/mol. The number of fused-ring (bicyclic) bond motifs is 1. The molecule has 1 saturated carbocycles. The number of benzene rings is 1. The Morgan fingerprint density at radius 2 is 1.73 bits per heavy atom. The zero-order valence-electron chi connectivity index (χ0n) is 23.4. The van der Waals surface area contributed by atoms with Gasteiger partial charge in [0.25, 0.3) is 15.6 Å². The number of aromatic nitrogens is 5. The summed E-state index contributed by atoms with van der Waals surface area (Å²) in [5, 5.41) is 3.55. The zero-order chi connectivity index (χ0) is 29.3. The van der Waals surface area contributed by atoms with E-state index in [1.807, 2.05) is 13.8 Å². The molecule has 11 nitrogen and oxygen atoms in total. The fourth-order valence-corrected chi connectivity index (χ4v) is 6.64. The van der Waals surface area contributed by atoms with E-state index < -0.39 is 10.0 Å². The molecule has 0 saturated heterocycles. The first-order valence-electron chi connectivity index (χ1n) is 13.5. The lowest BCUT2D eigenvalue weighted by molar-refractivity contribution is 0.221. The molecule has 1 aliphatic carbocycles. The number of rotatable bonds is 8. The summed E-state index contributed by atoms with van der Waals surface area (Å²) in [4.78, 5) is 33.8. The Bertz CT molecular complexity index is 1720. The van der Waals surface area contributed by atoms with Gasteiger partial charge in [-0.3, -0.25) is 14.1 Å². The molecule has 0 atom stereocenters. The van der Waals surface area contributed by atoms with Gasteiger partial charge in [0.1, 0.15) is 21.9 Å². The third kappa shape index (κ3) is 6.19. The number of pyridine rings is 1. The van der Waals surface area contributed by atoms with E-state index in [0.29, 0.717) is 28.7 Å². The Morgan fingerprint density at radius 1 is 1.00 bits per heavy atom. The van der Waals surface area contributed by atoms with Crippen LogP contribution in [0.2, 0.25) is 5.02 Å². The minimum Gasteiger partial charge on any atom is -0.351 e. The first-order chi connectivity index (χ1) is 19.5. The topological polar surface area (TPSA) is 135 Å². The lowest BCUT2D eigenvalue weighted by Gasteiger charge is -2.32. The Hall–Kier alpha value is -3.61. The summed E-state index contributed by atoms with van der Waals surface area (Å²) in [6.07, 6.45) is 7.29. The molecule has 0 spiro atoms. The monoisotopic (exact) mass is 596 g/mol. The van der Waals surface area contributed by atoms with Gasteiger partial charge in [0, 0.05) is 29.9 Å². The SMILES string of the molecule is CC(C)n1c(=O)c(-c2ccc(NS(=O)(=O)c3ccccc3Cl)nc2)nc2cnc(NC3CCC(N(C)C)CC3)nc21. The van der Waals surface area contributed by atoms with E-state index in [1.54, 1.807) is 29.0 Å². The van der Waals surface area contributed by atoms with E-state index in [0.717, 1.165) is 25.7 Å². The van der Waals surface area contributed by atoms with Gasteiger partial charge in [0.2, 0.25) is 5.95 Å². The van der Waals surface area contributed by atoms with Gasteiger partial charge in [-0.1, -0.05) is 23.7 Å². The van der Waals surface area contributed by atoms with Crippen LogP contribution in [0.15, 0.2) is 58.5 Å². The van der Waals surface area contributed by atoms with Crippen LogP contribution in [0.25, 0.3) is 22.4 Å². The zero-order valence-corrected chi connectivity index (χ0v) is 24.9. The number of nitrogens with one attached hydrogen (secondary N) is 2. The van der Waals surface area contributed by atoms with Gasteiger partial charge >= 0.3 is 0 Å². The van der Waals surface area contributed by atoms with Crippen LogP contribution in [0.1, 0.15) is 45.6 Å². The number of anilines is 2. The summed E-state index contributed by atoms with van der Waals surface area (Å²) >= 11 is 6.06. The number of nitrogens with zero attached hydrogens (tertiary/aromatic N) is 6. The van der Waals surface area contributed by atoms with Crippen molar-refractivity contribution >= 4 is 44.6 Å². The molecule has 3 aromatic heterocycles. The highest BCUT2D eigenvalue weighted by atomic mass is 35.5. The van der Waals surface area contributed by atoms with E-state index >= 15 is 0 Å². The largest absolute Gasteiger partial charge is 0.351 e. The highest BCUT2D eigenvalue weighted by Crippen LogP contribution is 2.26. The minimum absolute atomic E-state index is 0.0568. The van der Waals surface area contributed by atoms with Gasteiger partial charge < -0.3 is 10.2 Å². The molecule has 0 bridgehead atoms. The average Bonchev–Trinajstić information content (AvgIpc) is 2.93. The van der Waals surface area contributed by atoms with Crippen molar-refractivity contribution in [2.45, 2.75) is 62.6 Å². The van der Waals surface area contributed by atoms with Gasteiger partial charge in [-0.2, -0.15) is 4.98 Å². The van der Waals surface area contributed by atoms with E-state index in [-0.39, 0.29) is 39.1 Å². The Morgan fingerprint density at radius 3 is 2.37 bits per heavy atom. The number of hydrogen-bond acceptors (Lipinski definition) is 9. The van der Waals surface area contributed by atoms with E-state index in [1.165, 1.54) is 24.4 Å². The molecule has 4 aromatic rings. The summed E-state index contributed by atoms with van der Waals surface area (Å²) < 4.78 is 29.6. The highest BCUT2D eigenvalue weighted by Gasteiger charge is 2.24. The van der Waals surface area contributed by atoms with Crippen LogP contribution in [-0.4, -0.2) is 64.0 Å². The molecular weight excluding hydrogens is 564 g/mol. The summed E-state index contributed by atoms with van der Waals surface area (Å²) in [6.45, 7) is 3.82. The molecule has 5 rings (SSSR count). The van der Waals surface area contributed by atoms with Crippen LogP contribution in [0.4, 0.5) is 11.8 Å². The molecule has 1 fully saturated rings. The van der Waals surface area contributed by atoms with Crippen LogP contribution < -0.4 is 15.6 Å². The number of hydrogen-bond donors (Lipinski definition) is 2. The summed E-state index contributed by atoms with van der Waals surface area (Å²) in [5.41, 5.74) is 1.20. The van der Waals surface area contributed by atoms with Gasteiger partial charge in [0.15, 0.2) is 5.65 Å². The second kappa shape index (κ2) is 11.7. The molecular formula is C28H33ClN8O3S. The predicted octanol–water partition coefficient (Wildman–Crippen LogP) is 4.57. The van der Waals surface area contributed by atoms with Crippen molar-refractivity contribution in [2.75, 3.05) is 24.1 Å². The van der Waals surface area contributed by atoms with Crippen molar-refractivity contribution in [1.82, 2.24) is 29.4 Å². The maximum Gasteiger partial charge on any atom is 0.279 e. The smallest absolute Gasteiger partial charge is 0.279 e. The van der Waals surface area contributed by atoms with Crippen LogP contribution in [0.3, 0.4) is 0 Å². The van der Waals surface area contributed by atoms with Gasteiger partial charge in [-0.15, -0.1) is 0 Å². The van der Waals surface area contributed by atoms with Crippen LogP contribution in [0.5, 0.6) is 0 Å². The molecule has 0 amide bonds. The second-order valence-corrected chi connectivity index (χ2v) is 12.8. The van der Waals surface area contributed by atoms with Crippen LogP contribution in [-0.2, 0) is 10.0 Å². The lowest BCUT2D eigenvalue weighted by atomic mass is 9.91. The van der Waals surface area contributed by atoms with Gasteiger partial charge in [0.05, 0.1) is 11.2 Å². The molecule has 13 heteroatoms. The summed E-state index contributed by atoms with van der Waals surface area (Å²) in [6, 6.07) is 9.87. The van der Waals surface area contributed by atoms with Crippen molar-refractivity contribution in [3.05, 3.63) is 64.2 Å². The predicted molar refractivity (Wildman–Crippen MR) is 161 cm³/mol. The normalized spacial score (nSPS) is 17.7. The fourth-order valence-electron chi connectivity index (χ4n) is 5.11. The fraction of sp³-hybridized carbons (Fsp3) is 0.393. The highest BCUT2D eigenvalue weighted by molar-refractivity contribution is 7.92. The Balaban J connectivity index is 1.41. The van der Waals surface area contributed by atoms with Gasteiger partial charge in [-0.05, 0) is 77.9 Å². The molecule has 1 aliphatic rings. The molecule has 3 heterocycles. The standard InChI is InChI=1S/C28H33ClN8O3S/c1-17(2)37-26-22(16-31-28(34-26)32-19-10-12-20(13-11-19)36(3)4)33-25(27(37)38)18-9-14-24(30-15-18)35-41(39,40)23-8-6-5-7-21(23)29/h5-9,14-17,19-20H,10-13H2,1-4H3,(H,30,35)(H,31,32,34). The van der Waals surface area contributed by atoms with E-state index in [9.17, 15) is 13.2 Å². The molecule has 216 valence electrons. The lowest BCUT2D eigenvalue weighted by Crippen LogP contribution is -2.36. The van der Waals surface area contributed by atoms with Crippen molar-refractivity contribution in [3.63, 3.8) is 0 Å². The van der Waals surface area contributed by atoms with Crippen molar-refractivity contribution < 1.29 is 8.42 Å². The molecule has 41 heavy (non-hydrogen) atoms. The maximum atomic E-state index is 13.6. The molecule has 1 aromatic carbocycles. The second-order valence-electron chi connectivity index (χ2n) is 10.7. The van der Waals surface area contributed by atoms with E-state index in [4.69, 9.17) is 16.6 Å². The summed E-state index contributed by atoms with van der Waals surface area (Å²) in [5.74, 6) is 0.559. The molecule has 0 aliphatic heterocycles. The summed E-state index contributed by atoms with van der Waals surface area (Å²) in [7, 11) is 0.284. The van der Waals surface area contributed by atoms with Crippen LogP contribution >= 0.6 is 11.6 Å². The third-order valence-corrected chi connectivity index (χ3v) is 9.17. The maximum absolute atomic E-state index is 13.6. The molecule has 0 radical (unpaired) electrons. The Labute approximate surface area is 244 Å².